The van der Waals surface area contributed by atoms with Crippen molar-refractivity contribution in [2.45, 2.75) is 26.3 Å². The van der Waals surface area contributed by atoms with E-state index in [4.69, 9.17) is 0 Å². The summed E-state index contributed by atoms with van der Waals surface area (Å²) in [6.45, 7) is 9.81. The van der Waals surface area contributed by atoms with E-state index in [9.17, 15) is 0 Å². The van der Waals surface area contributed by atoms with Crippen LogP contribution in [-0.2, 0) is 6.42 Å². The third-order valence-corrected chi connectivity index (χ3v) is 2.27. The van der Waals surface area contributed by atoms with E-state index < -0.39 is 0 Å². The topological polar surface area (TPSA) is 29.9 Å². The van der Waals surface area contributed by atoms with Crippen LogP contribution in [0.15, 0.2) is 25.0 Å². The summed E-state index contributed by atoms with van der Waals surface area (Å²) in [7, 11) is 0. The Kier molecular flexibility index (Phi) is 4.40. The molecule has 0 saturated heterocycles. The highest BCUT2D eigenvalue weighted by Crippen LogP contribution is 2.08. The molecular weight excluding hydrogens is 174 g/mol. The number of rotatable bonds is 6. The van der Waals surface area contributed by atoms with E-state index in [0.717, 1.165) is 25.3 Å². The van der Waals surface area contributed by atoms with Crippen LogP contribution in [-0.4, -0.2) is 22.6 Å². The first-order chi connectivity index (χ1) is 6.79. The number of imidazole rings is 1. The minimum atomic E-state index is 0.451. The molecule has 0 aliphatic carbocycles. The second kappa shape index (κ2) is 5.60. The minimum Gasteiger partial charge on any atom is -0.331 e. The molecule has 0 amide bonds. The molecule has 3 nitrogen and oxygen atoms in total. The van der Waals surface area contributed by atoms with Crippen molar-refractivity contribution in [2.24, 2.45) is 0 Å². The first-order valence-corrected chi connectivity index (χ1v) is 5.13. The van der Waals surface area contributed by atoms with Gasteiger partial charge in [-0.05, 0) is 6.92 Å². The first kappa shape index (κ1) is 11.0. The van der Waals surface area contributed by atoms with Gasteiger partial charge in [-0.15, -0.1) is 6.58 Å². The highest BCUT2D eigenvalue weighted by molar-refractivity contribution is 4.94. The monoisotopic (exact) mass is 193 g/mol. The van der Waals surface area contributed by atoms with Crippen molar-refractivity contribution in [1.82, 2.24) is 14.9 Å². The molecule has 0 radical (unpaired) electrons. The summed E-state index contributed by atoms with van der Waals surface area (Å²) >= 11 is 0. The predicted octanol–water partition coefficient (Wildman–Crippen LogP) is 1.78. The van der Waals surface area contributed by atoms with Crippen LogP contribution in [0.2, 0.25) is 0 Å². The van der Waals surface area contributed by atoms with Crippen LogP contribution in [0.3, 0.4) is 0 Å². The average molecular weight is 193 g/mol. The summed E-state index contributed by atoms with van der Waals surface area (Å²) in [4.78, 5) is 4.30. The summed E-state index contributed by atoms with van der Waals surface area (Å²) in [6, 6.07) is 0.451. The van der Waals surface area contributed by atoms with Gasteiger partial charge in [0.25, 0.3) is 0 Å². The molecule has 3 heteroatoms. The van der Waals surface area contributed by atoms with E-state index in [1.807, 2.05) is 18.5 Å². The van der Waals surface area contributed by atoms with Gasteiger partial charge >= 0.3 is 0 Å². The van der Waals surface area contributed by atoms with Crippen molar-refractivity contribution in [3.05, 3.63) is 30.9 Å². The van der Waals surface area contributed by atoms with E-state index in [0.29, 0.717) is 6.04 Å². The van der Waals surface area contributed by atoms with Gasteiger partial charge in [-0.2, -0.15) is 0 Å². The fourth-order valence-corrected chi connectivity index (χ4v) is 1.51. The summed E-state index contributed by atoms with van der Waals surface area (Å²) in [5.41, 5.74) is 0. The zero-order chi connectivity index (χ0) is 10.4. The second-order valence-electron chi connectivity index (χ2n) is 3.40. The standard InChI is InChI=1S/C11H19N3/c1-4-6-12-9-10(3)14-8-7-13-11(14)5-2/h4,7-8,10,12H,1,5-6,9H2,2-3H3. The highest BCUT2D eigenvalue weighted by atomic mass is 15.1. The van der Waals surface area contributed by atoms with Gasteiger partial charge in [-0.1, -0.05) is 13.0 Å². The van der Waals surface area contributed by atoms with Gasteiger partial charge in [0.05, 0.1) is 0 Å². The molecule has 1 heterocycles. The lowest BCUT2D eigenvalue weighted by Gasteiger charge is -2.15. The van der Waals surface area contributed by atoms with E-state index in [1.165, 1.54) is 0 Å². The maximum atomic E-state index is 4.30. The maximum Gasteiger partial charge on any atom is 0.108 e. The average Bonchev–Trinajstić information content (AvgIpc) is 2.65. The zero-order valence-corrected chi connectivity index (χ0v) is 9.03. The molecule has 1 unspecified atom stereocenters. The Morgan fingerprint density at radius 1 is 1.71 bits per heavy atom. The van der Waals surface area contributed by atoms with Crippen molar-refractivity contribution >= 4 is 0 Å². The molecule has 1 atom stereocenters. The van der Waals surface area contributed by atoms with E-state index in [1.54, 1.807) is 0 Å². The largest absolute Gasteiger partial charge is 0.331 e. The smallest absolute Gasteiger partial charge is 0.108 e. The fourth-order valence-electron chi connectivity index (χ4n) is 1.51. The summed E-state index contributed by atoms with van der Waals surface area (Å²) in [5, 5.41) is 3.31. The number of aromatic nitrogens is 2. The molecule has 1 aromatic rings. The molecular formula is C11H19N3. The quantitative estimate of drug-likeness (QED) is 0.551. The fraction of sp³-hybridized carbons (Fsp3) is 0.545. The Bertz CT molecular complexity index is 278. The van der Waals surface area contributed by atoms with Gasteiger partial charge in [-0.3, -0.25) is 0 Å². The Labute approximate surface area is 85.8 Å². The van der Waals surface area contributed by atoms with Gasteiger partial charge in [0, 0.05) is 37.9 Å². The number of nitrogens with one attached hydrogen (secondary N) is 1. The molecule has 1 rings (SSSR count). The molecule has 1 N–H and O–H groups in total. The molecule has 0 aliphatic heterocycles. The normalized spacial score (nSPS) is 12.7. The Hall–Kier alpha value is -1.09. The maximum absolute atomic E-state index is 4.30. The lowest BCUT2D eigenvalue weighted by Crippen LogP contribution is -2.24. The Balaban J connectivity index is 2.50. The zero-order valence-electron chi connectivity index (χ0n) is 9.03. The van der Waals surface area contributed by atoms with Crippen LogP contribution in [0, 0.1) is 0 Å². The van der Waals surface area contributed by atoms with Gasteiger partial charge in [0.15, 0.2) is 0 Å². The molecule has 0 aliphatic rings. The van der Waals surface area contributed by atoms with Gasteiger partial charge in [0.2, 0.25) is 0 Å². The lowest BCUT2D eigenvalue weighted by atomic mass is 10.3. The molecule has 0 bridgehead atoms. The molecule has 14 heavy (non-hydrogen) atoms. The molecule has 0 aromatic carbocycles. The van der Waals surface area contributed by atoms with Crippen LogP contribution in [0.1, 0.15) is 25.7 Å². The van der Waals surface area contributed by atoms with Gasteiger partial charge < -0.3 is 9.88 Å². The summed E-state index contributed by atoms with van der Waals surface area (Å²) in [6.07, 6.45) is 6.77. The van der Waals surface area contributed by atoms with E-state index in [-0.39, 0.29) is 0 Å². The van der Waals surface area contributed by atoms with Crippen molar-refractivity contribution in [3.8, 4) is 0 Å². The summed E-state index contributed by atoms with van der Waals surface area (Å²) < 4.78 is 2.22. The molecule has 1 aromatic heterocycles. The molecule has 0 saturated carbocycles. The van der Waals surface area contributed by atoms with Crippen molar-refractivity contribution in [2.75, 3.05) is 13.1 Å². The number of aryl methyl sites for hydroxylation is 1. The predicted molar refractivity (Wildman–Crippen MR) is 59.4 cm³/mol. The van der Waals surface area contributed by atoms with Crippen molar-refractivity contribution in [3.63, 3.8) is 0 Å². The van der Waals surface area contributed by atoms with Crippen LogP contribution < -0.4 is 5.32 Å². The van der Waals surface area contributed by atoms with Gasteiger partial charge in [0.1, 0.15) is 5.82 Å². The van der Waals surface area contributed by atoms with Crippen LogP contribution in [0.4, 0.5) is 0 Å². The van der Waals surface area contributed by atoms with E-state index in [2.05, 4.69) is 35.3 Å². The Morgan fingerprint density at radius 3 is 3.14 bits per heavy atom. The third-order valence-electron chi connectivity index (χ3n) is 2.27. The third kappa shape index (κ3) is 2.70. The molecule has 78 valence electrons. The second-order valence-corrected chi connectivity index (χ2v) is 3.40. The number of nitrogens with zero attached hydrogens (tertiary/aromatic N) is 2. The van der Waals surface area contributed by atoms with Gasteiger partial charge in [-0.25, -0.2) is 4.98 Å². The minimum absolute atomic E-state index is 0.451. The van der Waals surface area contributed by atoms with Crippen molar-refractivity contribution < 1.29 is 0 Å². The lowest BCUT2D eigenvalue weighted by molar-refractivity contribution is 0.492. The van der Waals surface area contributed by atoms with Crippen LogP contribution in [0.25, 0.3) is 0 Å². The SMILES string of the molecule is C=CCNCC(C)n1ccnc1CC. The van der Waals surface area contributed by atoms with Crippen molar-refractivity contribution in [1.29, 1.82) is 0 Å². The molecule has 0 spiro atoms. The number of hydrogen-bond acceptors (Lipinski definition) is 2. The first-order valence-electron chi connectivity index (χ1n) is 5.13. The van der Waals surface area contributed by atoms with E-state index >= 15 is 0 Å². The molecule has 0 fully saturated rings. The Morgan fingerprint density at radius 2 is 2.50 bits per heavy atom. The van der Waals surface area contributed by atoms with Crippen LogP contribution in [0.5, 0.6) is 0 Å². The van der Waals surface area contributed by atoms with Crippen LogP contribution >= 0.6 is 0 Å². The number of hydrogen-bond donors (Lipinski definition) is 1. The highest BCUT2D eigenvalue weighted by Gasteiger charge is 2.07. The summed E-state index contributed by atoms with van der Waals surface area (Å²) in [5.74, 6) is 1.15.